The van der Waals surface area contributed by atoms with Crippen LogP contribution in [0.15, 0.2) is 12.3 Å². The number of aromatic nitrogens is 2. The molecule has 0 aliphatic carbocycles. The van der Waals surface area contributed by atoms with Gasteiger partial charge in [-0.1, -0.05) is 0 Å². The largest absolute Gasteiger partial charge is 0.381 e. The summed E-state index contributed by atoms with van der Waals surface area (Å²) in [5.41, 5.74) is 0.0515. The van der Waals surface area contributed by atoms with E-state index < -0.39 is 0 Å². The number of hydrogen-bond acceptors (Lipinski definition) is 4. The number of hydrogen-bond donors (Lipinski definition) is 1. The number of nitrogens with zero attached hydrogens (tertiary/aromatic N) is 2. The third-order valence-electron chi connectivity index (χ3n) is 2.65. The van der Waals surface area contributed by atoms with Crippen LogP contribution in [-0.2, 0) is 4.74 Å². The first-order valence-electron chi connectivity index (χ1n) is 5.02. The Kier molecular flexibility index (Phi) is 3.07. The van der Waals surface area contributed by atoms with Gasteiger partial charge in [0.25, 0.3) is 0 Å². The van der Waals surface area contributed by atoms with Crippen molar-refractivity contribution < 1.29 is 4.74 Å². The molecule has 5 heteroatoms. The Hall–Kier alpha value is -0.870. The molecule has 4 nitrogen and oxygen atoms in total. The van der Waals surface area contributed by atoms with Gasteiger partial charge in [0.2, 0.25) is 5.28 Å². The van der Waals surface area contributed by atoms with Crippen molar-refractivity contribution in [2.24, 2.45) is 0 Å². The summed E-state index contributed by atoms with van der Waals surface area (Å²) in [7, 11) is 0. The van der Waals surface area contributed by atoms with E-state index in [-0.39, 0.29) is 10.8 Å². The summed E-state index contributed by atoms with van der Waals surface area (Å²) < 4.78 is 5.33. The minimum Gasteiger partial charge on any atom is -0.381 e. The third-order valence-corrected chi connectivity index (χ3v) is 2.83. The molecule has 0 saturated carbocycles. The standard InChI is InChI=1S/C10H14ClN3O/c1-10(3-6-15-7-4-10)14-8-2-5-12-9(11)13-8/h2,5H,3-4,6-7H2,1H3,(H,12,13,14). The Labute approximate surface area is 94.0 Å². The molecule has 2 heterocycles. The van der Waals surface area contributed by atoms with Gasteiger partial charge in [-0.3, -0.25) is 0 Å². The Morgan fingerprint density at radius 3 is 2.87 bits per heavy atom. The molecule has 82 valence electrons. The Morgan fingerprint density at radius 1 is 1.47 bits per heavy atom. The topological polar surface area (TPSA) is 47.0 Å². The van der Waals surface area contributed by atoms with Crippen LogP contribution >= 0.6 is 11.6 Å². The SMILES string of the molecule is CC1(Nc2ccnc(Cl)n2)CCOCC1. The second-order valence-electron chi connectivity index (χ2n) is 4.01. The molecule has 1 fully saturated rings. The highest BCUT2D eigenvalue weighted by Gasteiger charge is 2.27. The average molecular weight is 228 g/mol. The molecule has 15 heavy (non-hydrogen) atoms. The van der Waals surface area contributed by atoms with Gasteiger partial charge in [-0.25, -0.2) is 9.97 Å². The van der Waals surface area contributed by atoms with Crippen LogP contribution in [0.25, 0.3) is 0 Å². The maximum atomic E-state index is 5.72. The summed E-state index contributed by atoms with van der Waals surface area (Å²) >= 11 is 5.72. The van der Waals surface area contributed by atoms with E-state index in [1.54, 1.807) is 6.20 Å². The van der Waals surface area contributed by atoms with Gasteiger partial charge in [-0.15, -0.1) is 0 Å². The fourth-order valence-corrected chi connectivity index (χ4v) is 1.81. The normalized spacial score (nSPS) is 19.9. The van der Waals surface area contributed by atoms with Gasteiger partial charge < -0.3 is 10.1 Å². The molecule has 1 aliphatic rings. The highest BCUT2D eigenvalue weighted by atomic mass is 35.5. The molecule has 0 aromatic carbocycles. The number of rotatable bonds is 2. The lowest BCUT2D eigenvalue weighted by Gasteiger charge is -2.34. The lowest BCUT2D eigenvalue weighted by atomic mass is 9.92. The maximum Gasteiger partial charge on any atom is 0.224 e. The fraction of sp³-hybridized carbons (Fsp3) is 0.600. The second-order valence-corrected chi connectivity index (χ2v) is 4.35. The van der Waals surface area contributed by atoms with Gasteiger partial charge in [0.05, 0.1) is 0 Å². The van der Waals surface area contributed by atoms with E-state index in [1.165, 1.54) is 0 Å². The van der Waals surface area contributed by atoms with Crippen LogP contribution in [0.1, 0.15) is 19.8 Å². The van der Waals surface area contributed by atoms with Crippen molar-refractivity contribution in [3.8, 4) is 0 Å². The summed E-state index contributed by atoms with van der Waals surface area (Å²) in [6, 6.07) is 1.83. The number of anilines is 1. The molecule has 0 radical (unpaired) electrons. The third kappa shape index (κ3) is 2.79. The fourth-order valence-electron chi connectivity index (χ4n) is 1.66. The molecule has 0 spiro atoms. The van der Waals surface area contributed by atoms with E-state index in [9.17, 15) is 0 Å². The number of halogens is 1. The minimum atomic E-state index is 0.0515. The van der Waals surface area contributed by atoms with Gasteiger partial charge >= 0.3 is 0 Å². The van der Waals surface area contributed by atoms with Crippen molar-refractivity contribution in [2.45, 2.75) is 25.3 Å². The molecule has 0 unspecified atom stereocenters. The van der Waals surface area contributed by atoms with E-state index in [1.807, 2.05) is 6.07 Å². The second kappa shape index (κ2) is 4.33. The molecule has 1 aliphatic heterocycles. The number of nitrogens with one attached hydrogen (secondary N) is 1. The molecule has 0 atom stereocenters. The molecular formula is C10H14ClN3O. The summed E-state index contributed by atoms with van der Waals surface area (Å²) in [4.78, 5) is 7.96. The van der Waals surface area contributed by atoms with Gasteiger partial charge in [0.15, 0.2) is 0 Å². The Morgan fingerprint density at radius 2 is 2.20 bits per heavy atom. The van der Waals surface area contributed by atoms with Crippen molar-refractivity contribution in [2.75, 3.05) is 18.5 Å². The van der Waals surface area contributed by atoms with Gasteiger partial charge in [-0.2, -0.15) is 0 Å². The highest BCUT2D eigenvalue weighted by molar-refractivity contribution is 6.28. The highest BCUT2D eigenvalue weighted by Crippen LogP contribution is 2.24. The van der Waals surface area contributed by atoms with Gasteiger partial charge in [0, 0.05) is 24.9 Å². The zero-order valence-corrected chi connectivity index (χ0v) is 9.42. The monoisotopic (exact) mass is 227 g/mol. The lowest BCUT2D eigenvalue weighted by molar-refractivity contribution is 0.0657. The van der Waals surface area contributed by atoms with Crippen LogP contribution in [0.5, 0.6) is 0 Å². The van der Waals surface area contributed by atoms with Crippen molar-refractivity contribution in [3.05, 3.63) is 17.5 Å². The molecule has 0 bridgehead atoms. The van der Waals surface area contributed by atoms with E-state index in [0.29, 0.717) is 0 Å². The maximum absolute atomic E-state index is 5.72. The quantitative estimate of drug-likeness (QED) is 0.787. The van der Waals surface area contributed by atoms with Crippen LogP contribution in [0, 0.1) is 0 Å². The average Bonchev–Trinajstić information content (AvgIpc) is 2.18. The molecular weight excluding hydrogens is 214 g/mol. The van der Waals surface area contributed by atoms with Gasteiger partial charge in [0.1, 0.15) is 5.82 Å². The first-order valence-corrected chi connectivity index (χ1v) is 5.40. The first-order chi connectivity index (χ1) is 7.18. The molecule has 1 saturated heterocycles. The van der Waals surface area contributed by atoms with Crippen LogP contribution in [0.4, 0.5) is 5.82 Å². The van der Waals surface area contributed by atoms with Crippen LogP contribution < -0.4 is 5.32 Å². The van der Waals surface area contributed by atoms with E-state index in [4.69, 9.17) is 16.3 Å². The zero-order chi connectivity index (χ0) is 10.7. The molecule has 2 rings (SSSR count). The summed E-state index contributed by atoms with van der Waals surface area (Å²) in [6.45, 7) is 3.76. The van der Waals surface area contributed by atoms with E-state index in [0.717, 1.165) is 31.9 Å². The molecule has 1 aromatic heterocycles. The molecule has 0 amide bonds. The first kappa shape index (κ1) is 10.6. The van der Waals surface area contributed by atoms with Crippen LogP contribution in [0.2, 0.25) is 5.28 Å². The summed E-state index contributed by atoms with van der Waals surface area (Å²) in [5.74, 6) is 0.777. The van der Waals surface area contributed by atoms with E-state index >= 15 is 0 Å². The lowest BCUT2D eigenvalue weighted by Crippen LogP contribution is -2.40. The minimum absolute atomic E-state index is 0.0515. The molecule has 1 N–H and O–H groups in total. The Balaban J connectivity index is 2.06. The molecule has 1 aromatic rings. The predicted molar refractivity (Wildman–Crippen MR) is 59.1 cm³/mol. The number of ether oxygens (including phenoxy) is 1. The van der Waals surface area contributed by atoms with Gasteiger partial charge in [-0.05, 0) is 37.4 Å². The van der Waals surface area contributed by atoms with Crippen molar-refractivity contribution in [1.82, 2.24) is 9.97 Å². The summed E-state index contributed by atoms with van der Waals surface area (Å²) in [5, 5.41) is 3.66. The van der Waals surface area contributed by atoms with Crippen LogP contribution in [-0.4, -0.2) is 28.7 Å². The summed E-state index contributed by atoms with van der Waals surface area (Å²) in [6.07, 6.45) is 3.61. The van der Waals surface area contributed by atoms with Crippen molar-refractivity contribution >= 4 is 17.4 Å². The van der Waals surface area contributed by atoms with Crippen molar-refractivity contribution in [3.63, 3.8) is 0 Å². The van der Waals surface area contributed by atoms with E-state index in [2.05, 4.69) is 22.2 Å². The van der Waals surface area contributed by atoms with Crippen molar-refractivity contribution in [1.29, 1.82) is 0 Å². The zero-order valence-electron chi connectivity index (χ0n) is 8.66. The predicted octanol–water partition coefficient (Wildman–Crippen LogP) is 2.11. The van der Waals surface area contributed by atoms with Crippen LogP contribution in [0.3, 0.4) is 0 Å². The Bertz CT molecular complexity index is 339. The smallest absolute Gasteiger partial charge is 0.224 e.